The zero-order chi connectivity index (χ0) is 13.8. The maximum Gasteiger partial charge on any atom is 0.375 e. The number of ether oxygens (including phenoxy) is 1. The fraction of sp³-hybridized carbons (Fsp3) is 0.417. The molecule has 0 aliphatic heterocycles. The lowest BCUT2D eigenvalue weighted by Crippen LogP contribution is -2.49. The lowest BCUT2D eigenvalue weighted by Gasteiger charge is -2.24. The fourth-order valence-corrected chi connectivity index (χ4v) is 2.15. The third kappa shape index (κ3) is 2.83. The van der Waals surface area contributed by atoms with Gasteiger partial charge in [-0.25, -0.2) is 4.79 Å². The Labute approximate surface area is 108 Å². The molecular formula is C12H14O5S. The van der Waals surface area contributed by atoms with Crippen LogP contribution in [0.5, 0.6) is 0 Å². The second-order valence-corrected chi connectivity index (χ2v) is 4.77. The fourth-order valence-electron chi connectivity index (χ4n) is 1.39. The van der Waals surface area contributed by atoms with Gasteiger partial charge in [0.05, 0.1) is 4.88 Å². The summed E-state index contributed by atoms with van der Waals surface area (Å²) in [6, 6.07) is 3.19. The maximum atomic E-state index is 12.2. The number of hydrogen-bond donors (Lipinski definition) is 1. The van der Waals surface area contributed by atoms with Crippen molar-refractivity contribution in [3.05, 3.63) is 22.4 Å². The molecule has 0 radical (unpaired) electrons. The van der Waals surface area contributed by atoms with E-state index in [1.807, 2.05) is 0 Å². The Morgan fingerprint density at radius 3 is 2.56 bits per heavy atom. The molecule has 0 aromatic carbocycles. The predicted octanol–water partition coefficient (Wildman–Crippen LogP) is 1.77. The number of Topliss-reactive ketones (excluding diaryl/α,β-unsaturated/α-hetero) is 2. The van der Waals surface area contributed by atoms with Gasteiger partial charge in [-0.15, -0.1) is 11.3 Å². The molecule has 0 spiro atoms. The van der Waals surface area contributed by atoms with E-state index in [1.165, 1.54) is 13.0 Å². The van der Waals surface area contributed by atoms with Crippen molar-refractivity contribution in [2.24, 2.45) is 0 Å². The summed E-state index contributed by atoms with van der Waals surface area (Å²) in [4.78, 5) is 35.0. The standard InChI is InChI=1S/C12H14O5S/c1-3-6-17-12(2,10(14)11(15)16)9(13)8-5-4-7-18-8/h4-5,7H,3,6H2,1-2H3,(H,15,16). The first-order valence-electron chi connectivity index (χ1n) is 5.43. The molecule has 0 aliphatic carbocycles. The highest BCUT2D eigenvalue weighted by atomic mass is 32.1. The van der Waals surface area contributed by atoms with Crippen LogP contribution in [0.2, 0.25) is 0 Å². The molecule has 0 amide bonds. The van der Waals surface area contributed by atoms with Crippen molar-refractivity contribution in [1.29, 1.82) is 0 Å². The van der Waals surface area contributed by atoms with Gasteiger partial charge in [-0.3, -0.25) is 9.59 Å². The molecule has 18 heavy (non-hydrogen) atoms. The Balaban J connectivity index is 3.08. The number of carboxylic acid groups (broad SMARTS) is 1. The Morgan fingerprint density at radius 1 is 1.44 bits per heavy atom. The van der Waals surface area contributed by atoms with E-state index in [4.69, 9.17) is 9.84 Å². The van der Waals surface area contributed by atoms with Crippen molar-refractivity contribution < 1.29 is 24.2 Å². The minimum absolute atomic E-state index is 0.145. The van der Waals surface area contributed by atoms with Gasteiger partial charge < -0.3 is 9.84 Å². The molecule has 1 rings (SSSR count). The summed E-state index contributed by atoms with van der Waals surface area (Å²) in [6.45, 7) is 3.16. The average molecular weight is 270 g/mol. The van der Waals surface area contributed by atoms with Crippen molar-refractivity contribution in [3.8, 4) is 0 Å². The molecule has 1 aromatic rings. The van der Waals surface area contributed by atoms with Gasteiger partial charge in [0.25, 0.3) is 5.78 Å². The number of carbonyl (C=O) groups excluding carboxylic acids is 2. The molecule has 1 aromatic heterocycles. The summed E-state index contributed by atoms with van der Waals surface area (Å²) in [5, 5.41) is 10.5. The topological polar surface area (TPSA) is 80.7 Å². The molecule has 1 heterocycles. The maximum absolute atomic E-state index is 12.2. The Hall–Kier alpha value is -1.53. The Morgan fingerprint density at radius 2 is 2.11 bits per heavy atom. The van der Waals surface area contributed by atoms with Crippen molar-refractivity contribution in [2.75, 3.05) is 6.61 Å². The highest BCUT2D eigenvalue weighted by Crippen LogP contribution is 2.23. The molecule has 1 atom stereocenters. The number of rotatable bonds is 7. The first-order valence-corrected chi connectivity index (χ1v) is 6.31. The van der Waals surface area contributed by atoms with E-state index < -0.39 is 23.1 Å². The molecule has 0 aliphatic rings. The van der Waals surface area contributed by atoms with Crippen molar-refractivity contribution in [1.82, 2.24) is 0 Å². The first kappa shape index (κ1) is 14.5. The summed E-state index contributed by atoms with van der Waals surface area (Å²) in [6.07, 6.45) is 0.584. The summed E-state index contributed by atoms with van der Waals surface area (Å²) < 4.78 is 5.21. The summed E-state index contributed by atoms with van der Waals surface area (Å²) in [5.74, 6) is -3.52. The van der Waals surface area contributed by atoms with Gasteiger partial charge in [0, 0.05) is 6.61 Å². The third-order valence-electron chi connectivity index (χ3n) is 2.40. The van der Waals surface area contributed by atoms with E-state index in [1.54, 1.807) is 18.4 Å². The van der Waals surface area contributed by atoms with E-state index in [0.29, 0.717) is 11.3 Å². The van der Waals surface area contributed by atoms with E-state index >= 15 is 0 Å². The van der Waals surface area contributed by atoms with Crippen LogP contribution in [0.4, 0.5) is 0 Å². The van der Waals surface area contributed by atoms with Crippen molar-refractivity contribution in [2.45, 2.75) is 25.9 Å². The Kier molecular flexibility index (Phi) is 4.75. The van der Waals surface area contributed by atoms with Crippen LogP contribution in [0.3, 0.4) is 0 Å². The zero-order valence-corrected chi connectivity index (χ0v) is 11.0. The van der Waals surface area contributed by atoms with Crippen LogP contribution in [0.25, 0.3) is 0 Å². The van der Waals surface area contributed by atoms with Crippen molar-refractivity contribution >= 4 is 28.9 Å². The van der Waals surface area contributed by atoms with E-state index in [0.717, 1.165) is 11.3 Å². The van der Waals surface area contributed by atoms with E-state index in [2.05, 4.69) is 0 Å². The van der Waals surface area contributed by atoms with Crippen LogP contribution in [0, 0.1) is 0 Å². The van der Waals surface area contributed by atoms with Crippen LogP contribution in [-0.4, -0.2) is 34.9 Å². The number of aliphatic carboxylic acids is 1. The SMILES string of the molecule is CCCOC(C)(C(=O)C(=O)O)C(=O)c1cccs1. The molecule has 5 nitrogen and oxygen atoms in total. The van der Waals surface area contributed by atoms with E-state index in [9.17, 15) is 14.4 Å². The molecule has 0 fully saturated rings. The lowest BCUT2D eigenvalue weighted by atomic mass is 9.94. The number of ketones is 2. The quantitative estimate of drug-likeness (QED) is 0.464. The van der Waals surface area contributed by atoms with Crippen LogP contribution >= 0.6 is 11.3 Å². The van der Waals surface area contributed by atoms with Gasteiger partial charge >= 0.3 is 5.97 Å². The second-order valence-electron chi connectivity index (χ2n) is 3.82. The van der Waals surface area contributed by atoms with Crippen LogP contribution in [0.1, 0.15) is 29.9 Å². The highest BCUT2D eigenvalue weighted by Gasteiger charge is 2.46. The predicted molar refractivity (Wildman–Crippen MR) is 65.9 cm³/mol. The summed E-state index contributed by atoms with van der Waals surface area (Å²) in [7, 11) is 0. The minimum atomic E-state index is -1.95. The minimum Gasteiger partial charge on any atom is -0.475 e. The van der Waals surface area contributed by atoms with Gasteiger partial charge in [0.15, 0.2) is 5.60 Å². The molecule has 98 valence electrons. The first-order chi connectivity index (χ1) is 8.43. The molecule has 1 N–H and O–H groups in total. The van der Waals surface area contributed by atoms with Gasteiger partial charge in [0.2, 0.25) is 5.78 Å². The largest absolute Gasteiger partial charge is 0.475 e. The van der Waals surface area contributed by atoms with E-state index in [-0.39, 0.29) is 6.61 Å². The normalized spacial score (nSPS) is 13.9. The van der Waals surface area contributed by atoms with Crippen LogP contribution in [0.15, 0.2) is 17.5 Å². The number of thiophene rings is 1. The summed E-state index contributed by atoms with van der Waals surface area (Å²) in [5.41, 5.74) is -1.95. The Bertz CT molecular complexity index is 451. The molecule has 0 bridgehead atoms. The van der Waals surface area contributed by atoms with Crippen LogP contribution in [-0.2, 0) is 14.3 Å². The number of hydrogen-bond acceptors (Lipinski definition) is 5. The zero-order valence-electron chi connectivity index (χ0n) is 10.1. The highest BCUT2D eigenvalue weighted by molar-refractivity contribution is 7.12. The summed E-state index contributed by atoms with van der Waals surface area (Å²) >= 11 is 1.15. The van der Waals surface area contributed by atoms with Crippen LogP contribution < -0.4 is 0 Å². The molecule has 0 saturated heterocycles. The molecule has 0 saturated carbocycles. The van der Waals surface area contributed by atoms with Gasteiger partial charge in [-0.1, -0.05) is 13.0 Å². The third-order valence-corrected chi connectivity index (χ3v) is 3.27. The van der Waals surface area contributed by atoms with Gasteiger partial charge in [-0.05, 0) is 24.8 Å². The smallest absolute Gasteiger partial charge is 0.375 e. The lowest BCUT2D eigenvalue weighted by molar-refractivity contribution is -0.158. The second kappa shape index (κ2) is 5.88. The van der Waals surface area contributed by atoms with Crippen molar-refractivity contribution in [3.63, 3.8) is 0 Å². The molecule has 6 heteroatoms. The molecular weight excluding hydrogens is 256 g/mol. The monoisotopic (exact) mass is 270 g/mol. The molecule has 1 unspecified atom stereocenters. The number of carboxylic acids is 1. The van der Waals surface area contributed by atoms with Gasteiger partial charge in [-0.2, -0.15) is 0 Å². The van der Waals surface area contributed by atoms with Gasteiger partial charge in [0.1, 0.15) is 0 Å². The average Bonchev–Trinajstić information content (AvgIpc) is 2.87. The number of carbonyl (C=O) groups is 3.